The summed E-state index contributed by atoms with van der Waals surface area (Å²) in [5.41, 5.74) is 2.00. The molecule has 2 N–H and O–H groups in total. The summed E-state index contributed by atoms with van der Waals surface area (Å²) in [6, 6.07) is 21.0. The van der Waals surface area contributed by atoms with Crippen LogP contribution in [0.3, 0.4) is 0 Å². The molecule has 0 aliphatic rings. The Morgan fingerprint density at radius 1 is 0.867 bits per heavy atom. The van der Waals surface area contributed by atoms with E-state index in [4.69, 9.17) is 0 Å². The quantitative estimate of drug-likeness (QED) is 0.461. The van der Waals surface area contributed by atoms with Crippen LogP contribution in [0.4, 0.5) is 15.8 Å². The molecular formula is C22H21FN2O3S2. The van der Waals surface area contributed by atoms with E-state index < -0.39 is 15.8 Å². The fourth-order valence-corrected chi connectivity index (χ4v) is 4.56. The van der Waals surface area contributed by atoms with Crippen LogP contribution in [0.2, 0.25) is 0 Å². The first-order chi connectivity index (χ1) is 14.4. The van der Waals surface area contributed by atoms with E-state index in [9.17, 15) is 17.6 Å². The lowest BCUT2D eigenvalue weighted by Gasteiger charge is -2.09. The van der Waals surface area contributed by atoms with Crippen molar-refractivity contribution in [3.8, 4) is 0 Å². The van der Waals surface area contributed by atoms with Gasteiger partial charge in [-0.25, -0.2) is 12.8 Å². The van der Waals surface area contributed by atoms with Gasteiger partial charge in [0.1, 0.15) is 5.82 Å². The standard InChI is InChI=1S/C22H21FN2O3S2/c23-18-6-8-20(9-7-18)25-30(27,28)21-12-10-19(11-13-21)24-22(26)14-15-29-16-17-4-2-1-3-5-17/h1-13,25H,14-16H2,(H,24,26). The van der Waals surface area contributed by atoms with Crippen molar-refractivity contribution in [3.05, 3.63) is 90.2 Å². The molecule has 0 atom stereocenters. The molecule has 0 saturated carbocycles. The van der Waals surface area contributed by atoms with Crippen LogP contribution < -0.4 is 10.0 Å². The van der Waals surface area contributed by atoms with Crippen molar-refractivity contribution in [2.75, 3.05) is 15.8 Å². The maximum Gasteiger partial charge on any atom is 0.261 e. The summed E-state index contributed by atoms with van der Waals surface area (Å²) in [6.45, 7) is 0. The molecule has 0 aliphatic carbocycles. The molecule has 0 radical (unpaired) electrons. The molecule has 0 aromatic heterocycles. The molecule has 0 bridgehead atoms. The van der Waals surface area contributed by atoms with E-state index >= 15 is 0 Å². The number of carbonyl (C=O) groups is 1. The molecule has 3 aromatic carbocycles. The highest BCUT2D eigenvalue weighted by Crippen LogP contribution is 2.19. The number of benzene rings is 3. The minimum absolute atomic E-state index is 0.0447. The molecule has 156 valence electrons. The zero-order valence-electron chi connectivity index (χ0n) is 16.0. The third kappa shape index (κ3) is 6.60. The van der Waals surface area contributed by atoms with E-state index in [1.165, 1.54) is 54.1 Å². The van der Waals surface area contributed by atoms with Crippen molar-refractivity contribution in [2.45, 2.75) is 17.1 Å². The Kier molecular flexibility index (Phi) is 7.48. The summed E-state index contributed by atoms with van der Waals surface area (Å²) in [5, 5.41) is 2.77. The van der Waals surface area contributed by atoms with Gasteiger partial charge in [0.15, 0.2) is 0 Å². The van der Waals surface area contributed by atoms with Crippen molar-refractivity contribution < 1.29 is 17.6 Å². The summed E-state index contributed by atoms with van der Waals surface area (Å²) in [5.74, 6) is 0.961. The maximum absolute atomic E-state index is 13.0. The summed E-state index contributed by atoms with van der Waals surface area (Å²) >= 11 is 1.68. The van der Waals surface area contributed by atoms with Crippen molar-refractivity contribution in [1.29, 1.82) is 0 Å². The molecule has 1 amide bonds. The van der Waals surface area contributed by atoms with Gasteiger partial charge in [-0.15, -0.1) is 0 Å². The van der Waals surface area contributed by atoms with Gasteiger partial charge in [0.2, 0.25) is 5.91 Å². The predicted molar refractivity (Wildman–Crippen MR) is 120 cm³/mol. The van der Waals surface area contributed by atoms with Gasteiger partial charge in [0.25, 0.3) is 10.0 Å². The molecule has 3 aromatic rings. The zero-order valence-corrected chi connectivity index (χ0v) is 17.7. The first kappa shape index (κ1) is 21.9. The molecule has 5 nitrogen and oxygen atoms in total. The molecule has 3 rings (SSSR count). The average Bonchev–Trinajstić information content (AvgIpc) is 2.74. The second-order valence-electron chi connectivity index (χ2n) is 6.47. The van der Waals surface area contributed by atoms with Crippen molar-refractivity contribution in [1.82, 2.24) is 0 Å². The lowest BCUT2D eigenvalue weighted by molar-refractivity contribution is -0.115. The minimum Gasteiger partial charge on any atom is -0.326 e. The number of sulfonamides is 1. The Hall–Kier alpha value is -2.84. The fourth-order valence-electron chi connectivity index (χ4n) is 2.60. The topological polar surface area (TPSA) is 75.3 Å². The van der Waals surface area contributed by atoms with Gasteiger partial charge in [-0.2, -0.15) is 11.8 Å². The maximum atomic E-state index is 13.0. The highest BCUT2D eigenvalue weighted by Gasteiger charge is 2.14. The molecule has 0 fully saturated rings. The van der Waals surface area contributed by atoms with Gasteiger partial charge in [-0.3, -0.25) is 9.52 Å². The van der Waals surface area contributed by atoms with Crippen LogP contribution in [0.15, 0.2) is 83.8 Å². The Morgan fingerprint density at radius 2 is 1.50 bits per heavy atom. The van der Waals surface area contributed by atoms with E-state index in [-0.39, 0.29) is 16.5 Å². The second-order valence-corrected chi connectivity index (χ2v) is 9.26. The molecule has 0 unspecified atom stereocenters. The predicted octanol–water partition coefficient (Wildman–Crippen LogP) is 4.89. The van der Waals surface area contributed by atoms with Gasteiger partial charge in [-0.1, -0.05) is 30.3 Å². The van der Waals surface area contributed by atoms with Crippen LogP contribution in [0, 0.1) is 5.82 Å². The van der Waals surface area contributed by atoms with Crippen molar-refractivity contribution >= 4 is 39.1 Å². The van der Waals surface area contributed by atoms with Crippen LogP contribution >= 0.6 is 11.8 Å². The van der Waals surface area contributed by atoms with Crippen LogP contribution in [0.1, 0.15) is 12.0 Å². The lowest BCUT2D eigenvalue weighted by atomic mass is 10.2. The largest absolute Gasteiger partial charge is 0.326 e. The molecule has 30 heavy (non-hydrogen) atoms. The summed E-state index contributed by atoms with van der Waals surface area (Å²) in [4.78, 5) is 12.1. The number of carbonyl (C=O) groups excluding carboxylic acids is 1. The Morgan fingerprint density at radius 3 is 2.17 bits per heavy atom. The zero-order chi connectivity index (χ0) is 21.4. The summed E-state index contributed by atoms with van der Waals surface area (Å²) in [6.07, 6.45) is 0.365. The van der Waals surface area contributed by atoms with Crippen LogP contribution in [-0.4, -0.2) is 20.1 Å². The molecule has 8 heteroatoms. The molecule has 0 heterocycles. The van der Waals surface area contributed by atoms with Crippen molar-refractivity contribution in [2.24, 2.45) is 0 Å². The second kappa shape index (κ2) is 10.3. The highest BCUT2D eigenvalue weighted by atomic mass is 32.2. The number of amides is 1. The number of hydrogen-bond donors (Lipinski definition) is 2. The molecule has 0 spiro atoms. The third-order valence-electron chi connectivity index (χ3n) is 4.13. The van der Waals surface area contributed by atoms with Gasteiger partial charge >= 0.3 is 0 Å². The van der Waals surface area contributed by atoms with Crippen LogP contribution in [0.25, 0.3) is 0 Å². The number of halogens is 1. The van der Waals surface area contributed by atoms with Crippen molar-refractivity contribution in [3.63, 3.8) is 0 Å². The number of anilines is 2. The average molecular weight is 445 g/mol. The smallest absolute Gasteiger partial charge is 0.261 e. The summed E-state index contributed by atoms with van der Waals surface area (Å²) in [7, 11) is -3.80. The highest BCUT2D eigenvalue weighted by molar-refractivity contribution is 7.98. The molecule has 0 aliphatic heterocycles. The fraction of sp³-hybridized carbons (Fsp3) is 0.136. The third-order valence-corrected chi connectivity index (χ3v) is 6.56. The number of nitrogens with one attached hydrogen (secondary N) is 2. The van der Waals surface area contributed by atoms with Gasteiger partial charge in [-0.05, 0) is 54.1 Å². The first-order valence-electron chi connectivity index (χ1n) is 9.22. The van der Waals surface area contributed by atoms with E-state index in [2.05, 4.69) is 10.0 Å². The Labute approximate surface area is 179 Å². The van der Waals surface area contributed by atoms with E-state index in [0.717, 1.165) is 5.75 Å². The first-order valence-corrected chi connectivity index (χ1v) is 11.9. The molecule has 0 saturated heterocycles. The minimum atomic E-state index is -3.80. The lowest BCUT2D eigenvalue weighted by Crippen LogP contribution is -2.14. The van der Waals surface area contributed by atoms with E-state index in [1.54, 1.807) is 11.8 Å². The SMILES string of the molecule is O=C(CCSCc1ccccc1)Nc1ccc(S(=O)(=O)Nc2ccc(F)cc2)cc1. The number of thioether (sulfide) groups is 1. The normalized spacial score (nSPS) is 11.1. The van der Waals surface area contributed by atoms with Crippen LogP contribution in [0.5, 0.6) is 0 Å². The number of rotatable bonds is 9. The van der Waals surface area contributed by atoms with E-state index in [0.29, 0.717) is 17.9 Å². The Bertz CT molecular complexity index is 1070. The van der Waals surface area contributed by atoms with E-state index in [1.807, 2.05) is 30.3 Å². The van der Waals surface area contributed by atoms with Gasteiger partial charge in [0, 0.05) is 29.3 Å². The Balaban J connectivity index is 1.48. The number of hydrogen-bond acceptors (Lipinski definition) is 4. The van der Waals surface area contributed by atoms with Gasteiger partial charge in [0.05, 0.1) is 4.90 Å². The monoisotopic (exact) mass is 444 g/mol. The molecular weight excluding hydrogens is 423 g/mol. The summed E-state index contributed by atoms with van der Waals surface area (Å²) < 4.78 is 40.2. The van der Waals surface area contributed by atoms with Gasteiger partial charge < -0.3 is 5.32 Å². The van der Waals surface area contributed by atoms with Crippen LogP contribution in [-0.2, 0) is 20.6 Å².